The average molecular weight is 562 g/mol. The monoisotopic (exact) mass is 561 g/mol. The summed E-state index contributed by atoms with van der Waals surface area (Å²) in [4.78, 5) is 15.2. The number of thioether (sulfide) groups is 1. The Bertz CT molecular complexity index is 1560. The van der Waals surface area contributed by atoms with Crippen molar-refractivity contribution in [3.8, 4) is 17.2 Å². The number of anilines is 1. The zero-order valence-corrected chi connectivity index (χ0v) is 23.2. The standard InChI is InChI=1S/C30H24ClNO4S2/c1-3-35-27-15-19(11-13-26(27)36-18-21-9-6-8-20-7-4-5-10-23(20)21)16-28-29(33)32(30(37)38-28)22-12-14-25(34-2)24(31)17-22/h4-17H,3,18H2,1-2H3/b28-16+. The fourth-order valence-corrected chi connectivity index (χ4v) is 5.76. The number of nitrogens with zero attached hydrogens (tertiary/aromatic N) is 1. The number of halogens is 1. The van der Waals surface area contributed by atoms with Crippen LogP contribution in [0.25, 0.3) is 16.8 Å². The highest BCUT2D eigenvalue weighted by atomic mass is 35.5. The maximum absolute atomic E-state index is 13.2. The molecule has 192 valence electrons. The van der Waals surface area contributed by atoms with Crippen LogP contribution in [-0.4, -0.2) is 23.9 Å². The van der Waals surface area contributed by atoms with E-state index in [0.717, 1.165) is 16.5 Å². The molecule has 1 saturated heterocycles. The van der Waals surface area contributed by atoms with Gasteiger partial charge in [-0.15, -0.1) is 0 Å². The van der Waals surface area contributed by atoms with Gasteiger partial charge in [0.15, 0.2) is 15.8 Å². The molecule has 8 heteroatoms. The van der Waals surface area contributed by atoms with Crippen molar-refractivity contribution >= 4 is 68.3 Å². The molecule has 1 heterocycles. The van der Waals surface area contributed by atoms with Crippen LogP contribution in [0.4, 0.5) is 5.69 Å². The molecular weight excluding hydrogens is 538 g/mol. The summed E-state index contributed by atoms with van der Waals surface area (Å²) in [5.41, 5.74) is 2.49. The van der Waals surface area contributed by atoms with Gasteiger partial charge >= 0.3 is 0 Å². The summed E-state index contributed by atoms with van der Waals surface area (Å²) >= 11 is 13.0. The third-order valence-electron chi connectivity index (χ3n) is 6.02. The zero-order valence-electron chi connectivity index (χ0n) is 20.8. The fraction of sp³-hybridized carbons (Fsp3) is 0.133. The number of fused-ring (bicyclic) bond motifs is 1. The Morgan fingerprint density at radius 3 is 2.53 bits per heavy atom. The summed E-state index contributed by atoms with van der Waals surface area (Å²) in [5, 5.41) is 2.73. The molecule has 4 aromatic carbocycles. The molecule has 0 atom stereocenters. The lowest BCUT2D eigenvalue weighted by atomic mass is 10.1. The van der Waals surface area contributed by atoms with Gasteiger partial charge in [0.2, 0.25) is 0 Å². The first-order valence-electron chi connectivity index (χ1n) is 12.0. The van der Waals surface area contributed by atoms with Crippen LogP contribution < -0.4 is 19.1 Å². The molecule has 0 radical (unpaired) electrons. The Labute approximate surface area is 235 Å². The summed E-state index contributed by atoms with van der Waals surface area (Å²) in [7, 11) is 1.54. The molecule has 0 saturated carbocycles. The largest absolute Gasteiger partial charge is 0.495 e. The van der Waals surface area contributed by atoms with Gasteiger partial charge in [-0.1, -0.05) is 84.1 Å². The van der Waals surface area contributed by atoms with Crippen LogP contribution in [0.2, 0.25) is 5.02 Å². The molecule has 4 aromatic rings. The second kappa shape index (κ2) is 11.5. The minimum atomic E-state index is -0.213. The van der Waals surface area contributed by atoms with E-state index in [9.17, 15) is 4.79 Å². The maximum atomic E-state index is 13.2. The van der Waals surface area contributed by atoms with E-state index < -0.39 is 0 Å². The first-order valence-corrected chi connectivity index (χ1v) is 13.6. The molecule has 5 rings (SSSR count). The second-order valence-electron chi connectivity index (χ2n) is 8.40. The van der Waals surface area contributed by atoms with E-state index in [-0.39, 0.29) is 5.91 Å². The molecule has 0 aromatic heterocycles. The highest BCUT2D eigenvalue weighted by Crippen LogP contribution is 2.39. The normalized spacial score (nSPS) is 14.4. The molecule has 5 nitrogen and oxygen atoms in total. The predicted molar refractivity (Wildman–Crippen MR) is 160 cm³/mol. The van der Waals surface area contributed by atoms with Gasteiger partial charge < -0.3 is 14.2 Å². The van der Waals surface area contributed by atoms with Crippen LogP contribution in [0, 0.1) is 0 Å². The first-order chi connectivity index (χ1) is 18.5. The molecule has 38 heavy (non-hydrogen) atoms. The van der Waals surface area contributed by atoms with Crippen LogP contribution in [0.3, 0.4) is 0 Å². The van der Waals surface area contributed by atoms with E-state index >= 15 is 0 Å². The number of carbonyl (C=O) groups excluding carboxylic acids is 1. The number of hydrogen-bond acceptors (Lipinski definition) is 6. The molecule has 1 aliphatic heterocycles. The Kier molecular flexibility index (Phi) is 7.88. The van der Waals surface area contributed by atoms with E-state index in [0.29, 0.717) is 50.4 Å². The average Bonchev–Trinajstić information content (AvgIpc) is 3.20. The van der Waals surface area contributed by atoms with Crippen molar-refractivity contribution in [1.29, 1.82) is 0 Å². The van der Waals surface area contributed by atoms with E-state index in [1.165, 1.54) is 22.0 Å². The smallest absolute Gasteiger partial charge is 0.270 e. The van der Waals surface area contributed by atoms with Gasteiger partial charge in [0, 0.05) is 0 Å². The lowest BCUT2D eigenvalue weighted by Gasteiger charge is -2.15. The number of benzene rings is 4. The predicted octanol–water partition coefficient (Wildman–Crippen LogP) is 7.89. The maximum Gasteiger partial charge on any atom is 0.270 e. The van der Waals surface area contributed by atoms with Crippen molar-refractivity contribution in [3.05, 3.63) is 99.9 Å². The summed E-state index contributed by atoms with van der Waals surface area (Å²) < 4.78 is 17.7. The first kappa shape index (κ1) is 26.1. The van der Waals surface area contributed by atoms with Gasteiger partial charge in [0.1, 0.15) is 12.4 Å². The van der Waals surface area contributed by atoms with Crippen LogP contribution >= 0.6 is 35.6 Å². The van der Waals surface area contributed by atoms with Gasteiger partial charge in [-0.05, 0) is 65.2 Å². The Hall–Kier alpha value is -3.52. The van der Waals surface area contributed by atoms with Crippen molar-refractivity contribution in [3.63, 3.8) is 0 Å². The Morgan fingerprint density at radius 2 is 1.74 bits per heavy atom. The number of methoxy groups -OCH3 is 1. The molecule has 0 aliphatic carbocycles. The minimum absolute atomic E-state index is 0.213. The van der Waals surface area contributed by atoms with Crippen LogP contribution in [-0.2, 0) is 11.4 Å². The third kappa shape index (κ3) is 5.36. The third-order valence-corrected chi connectivity index (χ3v) is 7.61. The van der Waals surface area contributed by atoms with Crippen LogP contribution in [0.1, 0.15) is 18.1 Å². The molecule has 1 fully saturated rings. The van der Waals surface area contributed by atoms with Gasteiger partial charge in [-0.2, -0.15) is 0 Å². The van der Waals surface area contributed by atoms with Crippen LogP contribution in [0.5, 0.6) is 17.2 Å². The molecule has 0 bridgehead atoms. The highest BCUT2D eigenvalue weighted by molar-refractivity contribution is 8.27. The van der Waals surface area contributed by atoms with Crippen molar-refractivity contribution in [2.75, 3.05) is 18.6 Å². The topological polar surface area (TPSA) is 48.0 Å². The van der Waals surface area contributed by atoms with E-state index in [1.807, 2.05) is 43.3 Å². The lowest BCUT2D eigenvalue weighted by molar-refractivity contribution is -0.113. The van der Waals surface area contributed by atoms with Crippen molar-refractivity contribution < 1.29 is 19.0 Å². The number of ether oxygens (including phenoxy) is 3. The Balaban J connectivity index is 1.37. The summed E-state index contributed by atoms with van der Waals surface area (Å²) in [6.45, 7) is 2.81. The number of hydrogen-bond donors (Lipinski definition) is 0. The zero-order chi connectivity index (χ0) is 26.6. The van der Waals surface area contributed by atoms with Crippen molar-refractivity contribution in [2.45, 2.75) is 13.5 Å². The van der Waals surface area contributed by atoms with Crippen molar-refractivity contribution in [1.82, 2.24) is 0 Å². The quantitative estimate of drug-likeness (QED) is 0.161. The van der Waals surface area contributed by atoms with E-state index in [4.69, 9.17) is 38.0 Å². The summed E-state index contributed by atoms with van der Waals surface area (Å²) in [5.74, 6) is 1.56. The van der Waals surface area contributed by atoms with Gasteiger partial charge in [-0.25, -0.2) is 0 Å². The second-order valence-corrected chi connectivity index (χ2v) is 10.5. The number of thiocarbonyl (C=S) groups is 1. The van der Waals surface area contributed by atoms with Gasteiger partial charge in [-0.3, -0.25) is 9.69 Å². The molecule has 0 unspecified atom stereocenters. The van der Waals surface area contributed by atoms with Crippen LogP contribution in [0.15, 0.2) is 83.8 Å². The molecule has 1 aliphatic rings. The van der Waals surface area contributed by atoms with E-state index in [1.54, 1.807) is 31.4 Å². The van der Waals surface area contributed by atoms with Gasteiger partial charge in [0.25, 0.3) is 5.91 Å². The number of rotatable bonds is 8. The number of amides is 1. The minimum Gasteiger partial charge on any atom is -0.495 e. The fourth-order valence-electron chi connectivity index (χ4n) is 4.21. The van der Waals surface area contributed by atoms with Crippen molar-refractivity contribution in [2.24, 2.45) is 0 Å². The SMILES string of the molecule is CCOc1cc(/C=C2/SC(=S)N(c3ccc(OC)c(Cl)c3)C2=O)ccc1OCc1cccc2ccccc12. The van der Waals surface area contributed by atoms with E-state index in [2.05, 4.69) is 24.3 Å². The highest BCUT2D eigenvalue weighted by Gasteiger charge is 2.33. The lowest BCUT2D eigenvalue weighted by Crippen LogP contribution is -2.27. The molecule has 1 amide bonds. The Morgan fingerprint density at radius 1 is 0.947 bits per heavy atom. The summed E-state index contributed by atoms with van der Waals surface area (Å²) in [6.07, 6.45) is 1.81. The van der Waals surface area contributed by atoms with Gasteiger partial charge in [0.05, 0.1) is 29.3 Å². The summed E-state index contributed by atoms with van der Waals surface area (Å²) in [6, 6.07) is 25.2. The molecule has 0 spiro atoms. The number of carbonyl (C=O) groups is 1. The molecule has 0 N–H and O–H groups in total. The molecular formula is C30H24ClNO4S2.